The van der Waals surface area contributed by atoms with Gasteiger partial charge in [-0.3, -0.25) is 4.79 Å². The molecule has 0 spiro atoms. The van der Waals surface area contributed by atoms with Crippen LogP contribution in [0.15, 0.2) is 27.9 Å². The van der Waals surface area contributed by atoms with Crippen LogP contribution in [-0.2, 0) is 14.3 Å². The summed E-state index contributed by atoms with van der Waals surface area (Å²) in [6.45, 7) is 0.611. The van der Waals surface area contributed by atoms with Gasteiger partial charge in [-0.25, -0.2) is 9.79 Å². The van der Waals surface area contributed by atoms with Crippen LogP contribution in [0.2, 0.25) is 0 Å². The summed E-state index contributed by atoms with van der Waals surface area (Å²) >= 11 is 0. The second kappa shape index (κ2) is 3.34. The van der Waals surface area contributed by atoms with Crippen molar-refractivity contribution < 1.29 is 14.3 Å². The SMILES string of the molecule is COC(=O)C1=C2C(=CCN2C)C(=O)N=C1. The van der Waals surface area contributed by atoms with E-state index in [-0.39, 0.29) is 5.91 Å². The van der Waals surface area contributed by atoms with Gasteiger partial charge < -0.3 is 9.64 Å². The Balaban J connectivity index is 2.52. The van der Waals surface area contributed by atoms with Crippen LogP contribution in [0, 0.1) is 0 Å². The second-order valence-electron chi connectivity index (χ2n) is 3.32. The number of aliphatic imine (C=N–C) groups is 1. The number of fused-ring (bicyclic) bond motifs is 1. The van der Waals surface area contributed by atoms with Crippen LogP contribution in [0.1, 0.15) is 0 Å². The van der Waals surface area contributed by atoms with E-state index in [9.17, 15) is 9.59 Å². The molecule has 0 saturated carbocycles. The Morgan fingerprint density at radius 1 is 1.60 bits per heavy atom. The lowest BCUT2D eigenvalue weighted by molar-refractivity contribution is -0.135. The van der Waals surface area contributed by atoms with Crippen molar-refractivity contribution in [3.05, 3.63) is 22.9 Å². The van der Waals surface area contributed by atoms with Gasteiger partial charge in [-0.05, 0) is 0 Å². The van der Waals surface area contributed by atoms with Crippen LogP contribution >= 0.6 is 0 Å². The Hall–Kier alpha value is -1.91. The zero-order chi connectivity index (χ0) is 11.0. The van der Waals surface area contributed by atoms with Gasteiger partial charge >= 0.3 is 5.97 Å². The van der Waals surface area contributed by atoms with E-state index in [1.165, 1.54) is 13.3 Å². The topological polar surface area (TPSA) is 59.0 Å². The monoisotopic (exact) mass is 206 g/mol. The van der Waals surface area contributed by atoms with E-state index in [1.807, 2.05) is 11.9 Å². The first kappa shape index (κ1) is 9.64. The minimum absolute atomic E-state index is 0.304. The average molecular weight is 206 g/mol. The third-order valence-electron chi connectivity index (χ3n) is 2.41. The molecule has 15 heavy (non-hydrogen) atoms. The number of dihydropyridines is 1. The van der Waals surface area contributed by atoms with E-state index < -0.39 is 5.97 Å². The van der Waals surface area contributed by atoms with Gasteiger partial charge in [0.25, 0.3) is 5.91 Å². The molecule has 0 radical (unpaired) electrons. The summed E-state index contributed by atoms with van der Waals surface area (Å²) in [7, 11) is 3.12. The van der Waals surface area contributed by atoms with E-state index in [0.717, 1.165) is 0 Å². The van der Waals surface area contributed by atoms with Gasteiger partial charge in [0.05, 0.1) is 18.4 Å². The van der Waals surface area contributed by atoms with E-state index in [1.54, 1.807) is 6.08 Å². The van der Waals surface area contributed by atoms with Crippen molar-refractivity contribution in [3.63, 3.8) is 0 Å². The molecule has 0 aromatic rings. The van der Waals surface area contributed by atoms with E-state index in [0.29, 0.717) is 23.4 Å². The predicted octanol–water partition coefficient (Wildman–Crippen LogP) is -0.104. The Kier molecular flexibility index (Phi) is 2.15. The van der Waals surface area contributed by atoms with Crippen LogP contribution in [-0.4, -0.2) is 43.7 Å². The second-order valence-corrected chi connectivity index (χ2v) is 3.32. The third-order valence-corrected chi connectivity index (χ3v) is 2.41. The fourth-order valence-electron chi connectivity index (χ4n) is 1.67. The van der Waals surface area contributed by atoms with E-state index in [2.05, 4.69) is 9.73 Å². The Bertz CT molecular complexity index is 432. The first-order chi connectivity index (χ1) is 7.15. The molecule has 2 aliphatic rings. The van der Waals surface area contributed by atoms with Crippen molar-refractivity contribution in [1.82, 2.24) is 4.90 Å². The molecule has 0 aliphatic carbocycles. The van der Waals surface area contributed by atoms with Gasteiger partial charge in [-0.1, -0.05) is 6.08 Å². The van der Waals surface area contributed by atoms with Gasteiger partial charge in [-0.15, -0.1) is 0 Å². The highest BCUT2D eigenvalue weighted by Crippen LogP contribution is 2.27. The largest absolute Gasteiger partial charge is 0.465 e. The van der Waals surface area contributed by atoms with Crippen molar-refractivity contribution in [2.24, 2.45) is 4.99 Å². The van der Waals surface area contributed by atoms with Crippen molar-refractivity contribution in [3.8, 4) is 0 Å². The molecule has 0 aromatic heterocycles. The molecule has 0 aromatic carbocycles. The van der Waals surface area contributed by atoms with Gasteiger partial charge in [0, 0.05) is 19.8 Å². The van der Waals surface area contributed by atoms with Crippen LogP contribution in [0.3, 0.4) is 0 Å². The number of carbonyl (C=O) groups is 2. The molecule has 2 aliphatic heterocycles. The lowest BCUT2D eigenvalue weighted by Crippen LogP contribution is -2.24. The predicted molar refractivity (Wildman–Crippen MR) is 53.3 cm³/mol. The first-order valence-corrected chi connectivity index (χ1v) is 4.48. The molecule has 0 N–H and O–H groups in total. The van der Waals surface area contributed by atoms with E-state index in [4.69, 9.17) is 0 Å². The fourth-order valence-corrected chi connectivity index (χ4v) is 1.67. The smallest absolute Gasteiger partial charge is 0.341 e. The number of rotatable bonds is 1. The maximum atomic E-state index is 11.4. The molecular weight excluding hydrogens is 196 g/mol. The van der Waals surface area contributed by atoms with Crippen LogP contribution in [0.4, 0.5) is 0 Å². The summed E-state index contributed by atoms with van der Waals surface area (Å²) in [5.74, 6) is -0.775. The molecule has 1 amide bonds. The maximum Gasteiger partial charge on any atom is 0.341 e. The number of nitrogens with zero attached hydrogens (tertiary/aromatic N) is 2. The van der Waals surface area contributed by atoms with Crippen LogP contribution < -0.4 is 0 Å². The van der Waals surface area contributed by atoms with Crippen molar-refractivity contribution in [1.29, 1.82) is 0 Å². The van der Waals surface area contributed by atoms with Gasteiger partial charge in [0.15, 0.2) is 0 Å². The normalized spacial score (nSPS) is 19.2. The van der Waals surface area contributed by atoms with E-state index >= 15 is 0 Å². The molecular formula is C10H10N2O3. The van der Waals surface area contributed by atoms with Crippen molar-refractivity contribution in [2.75, 3.05) is 20.7 Å². The molecule has 2 heterocycles. The lowest BCUT2D eigenvalue weighted by atomic mass is 10.1. The minimum Gasteiger partial charge on any atom is -0.465 e. The summed E-state index contributed by atoms with van der Waals surface area (Å²) < 4.78 is 4.63. The molecule has 78 valence electrons. The Morgan fingerprint density at radius 3 is 3.00 bits per heavy atom. The number of amides is 1. The minimum atomic E-state index is -0.471. The molecule has 0 unspecified atom stereocenters. The molecule has 0 saturated heterocycles. The summed E-state index contributed by atoms with van der Waals surface area (Å²) in [5, 5.41) is 0. The van der Waals surface area contributed by atoms with Crippen LogP contribution in [0.5, 0.6) is 0 Å². The highest BCUT2D eigenvalue weighted by atomic mass is 16.5. The number of hydrogen-bond acceptors (Lipinski definition) is 4. The molecule has 5 nitrogen and oxygen atoms in total. The molecule has 0 atom stereocenters. The average Bonchev–Trinajstić information content (AvgIpc) is 2.62. The standard InChI is InChI=1S/C10H10N2O3/c1-12-4-3-6-8(12)7(10(14)15-2)5-11-9(6)13/h3,5H,4H2,1-2H3. The zero-order valence-electron chi connectivity index (χ0n) is 8.48. The van der Waals surface area contributed by atoms with Gasteiger partial charge in [0.1, 0.15) is 5.57 Å². The number of hydrogen-bond donors (Lipinski definition) is 0. The zero-order valence-corrected chi connectivity index (χ0v) is 8.48. The highest BCUT2D eigenvalue weighted by Gasteiger charge is 2.31. The number of carbonyl (C=O) groups excluding carboxylic acids is 2. The quantitative estimate of drug-likeness (QED) is 0.562. The number of ether oxygens (including phenoxy) is 1. The molecule has 0 bridgehead atoms. The Morgan fingerprint density at radius 2 is 2.33 bits per heavy atom. The fraction of sp³-hybridized carbons (Fsp3) is 0.300. The number of likely N-dealkylation sites (N-methyl/N-ethyl adjacent to an activating group) is 1. The third kappa shape index (κ3) is 1.36. The summed E-state index contributed by atoms with van der Waals surface area (Å²) in [5.41, 5.74) is 1.44. The summed E-state index contributed by atoms with van der Waals surface area (Å²) in [6.07, 6.45) is 3.03. The molecule has 2 rings (SSSR count). The highest BCUT2D eigenvalue weighted by molar-refractivity contribution is 6.19. The summed E-state index contributed by atoms with van der Waals surface area (Å²) in [4.78, 5) is 28.3. The lowest BCUT2D eigenvalue weighted by Gasteiger charge is -2.19. The van der Waals surface area contributed by atoms with Gasteiger partial charge in [0.2, 0.25) is 0 Å². The van der Waals surface area contributed by atoms with Gasteiger partial charge in [-0.2, -0.15) is 0 Å². The summed E-state index contributed by atoms with van der Waals surface area (Å²) in [6, 6.07) is 0. The molecule has 5 heteroatoms. The number of methoxy groups -OCH3 is 1. The van der Waals surface area contributed by atoms with Crippen molar-refractivity contribution >= 4 is 18.1 Å². The first-order valence-electron chi connectivity index (χ1n) is 4.48. The van der Waals surface area contributed by atoms with Crippen molar-refractivity contribution in [2.45, 2.75) is 0 Å². The van der Waals surface area contributed by atoms with Crippen LogP contribution in [0.25, 0.3) is 0 Å². The molecule has 0 fully saturated rings. The number of esters is 1. The Labute approximate surface area is 86.7 Å². The maximum absolute atomic E-state index is 11.4.